The average molecular weight is 265 g/mol. The molecule has 0 aliphatic carbocycles. The summed E-state index contributed by atoms with van der Waals surface area (Å²) in [6.45, 7) is 3.91. The van der Waals surface area contributed by atoms with Gasteiger partial charge in [0.2, 0.25) is 0 Å². The van der Waals surface area contributed by atoms with Crippen molar-refractivity contribution in [3.63, 3.8) is 0 Å². The monoisotopic (exact) mass is 265 g/mol. The van der Waals surface area contributed by atoms with Crippen LogP contribution in [0.1, 0.15) is 31.4 Å². The van der Waals surface area contributed by atoms with Crippen molar-refractivity contribution in [2.75, 3.05) is 27.3 Å². The summed E-state index contributed by atoms with van der Waals surface area (Å²) in [6, 6.07) is 6.08. The van der Waals surface area contributed by atoms with E-state index >= 15 is 0 Å². The Hall–Kier alpha value is -1.26. The summed E-state index contributed by atoms with van der Waals surface area (Å²) in [5, 5.41) is 10.5. The van der Waals surface area contributed by atoms with Crippen molar-refractivity contribution < 1.29 is 14.6 Å². The van der Waals surface area contributed by atoms with Gasteiger partial charge in [-0.3, -0.25) is 4.90 Å². The van der Waals surface area contributed by atoms with Gasteiger partial charge >= 0.3 is 0 Å². The van der Waals surface area contributed by atoms with Crippen LogP contribution in [-0.2, 0) is 0 Å². The number of methoxy groups -OCH3 is 2. The normalized spacial score (nSPS) is 21.4. The molecule has 1 aliphatic rings. The van der Waals surface area contributed by atoms with Crippen LogP contribution < -0.4 is 9.47 Å². The van der Waals surface area contributed by atoms with E-state index in [1.807, 2.05) is 18.2 Å². The van der Waals surface area contributed by atoms with Gasteiger partial charge in [-0.25, -0.2) is 0 Å². The Bertz CT molecular complexity index is 422. The molecule has 0 aromatic heterocycles. The van der Waals surface area contributed by atoms with Gasteiger partial charge in [0.1, 0.15) is 11.5 Å². The van der Waals surface area contributed by atoms with Gasteiger partial charge in [-0.15, -0.1) is 0 Å². The average Bonchev–Trinajstić information content (AvgIpc) is 2.83. The lowest BCUT2D eigenvalue weighted by atomic mass is 10.1. The number of nitrogens with zero attached hydrogens (tertiary/aromatic N) is 1. The van der Waals surface area contributed by atoms with Crippen molar-refractivity contribution in [1.29, 1.82) is 0 Å². The summed E-state index contributed by atoms with van der Waals surface area (Å²) in [6.07, 6.45) is 1.87. The molecule has 4 nitrogen and oxygen atoms in total. The largest absolute Gasteiger partial charge is 0.497 e. The van der Waals surface area contributed by atoms with Crippen LogP contribution in [-0.4, -0.2) is 43.4 Å². The van der Waals surface area contributed by atoms with Crippen molar-refractivity contribution in [2.45, 2.75) is 31.9 Å². The molecule has 0 amide bonds. The van der Waals surface area contributed by atoms with Crippen LogP contribution in [0.3, 0.4) is 0 Å². The van der Waals surface area contributed by atoms with Crippen molar-refractivity contribution in [3.8, 4) is 11.5 Å². The zero-order valence-corrected chi connectivity index (χ0v) is 11.9. The summed E-state index contributed by atoms with van der Waals surface area (Å²) < 4.78 is 10.5. The fourth-order valence-corrected chi connectivity index (χ4v) is 2.68. The third kappa shape index (κ3) is 3.19. The van der Waals surface area contributed by atoms with E-state index in [4.69, 9.17) is 9.47 Å². The smallest absolute Gasteiger partial charge is 0.124 e. The number of rotatable bonds is 5. The molecule has 1 saturated heterocycles. The van der Waals surface area contributed by atoms with Crippen LogP contribution in [0.4, 0.5) is 0 Å². The van der Waals surface area contributed by atoms with Gasteiger partial charge < -0.3 is 14.6 Å². The first-order valence-electron chi connectivity index (χ1n) is 6.79. The standard InChI is InChI=1S/C15H23NO3/c1-11-5-4-8-16(11)10-14(17)13-9-12(18-2)6-7-15(13)19-3/h6-7,9,11,14,17H,4-5,8,10H2,1-3H3. The first kappa shape index (κ1) is 14.2. The Morgan fingerprint density at radius 2 is 2.16 bits per heavy atom. The molecule has 1 aromatic rings. The molecule has 0 radical (unpaired) electrons. The number of β-amino-alcohol motifs (C(OH)–C–C–N with tert-alkyl or cyclic N) is 1. The number of benzene rings is 1. The highest BCUT2D eigenvalue weighted by atomic mass is 16.5. The minimum atomic E-state index is -0.550. The van der Waals surface area contributed by atoms with Gasteiger partial charge in [-0.05, 0) is 44.5 Å². The zero-order valence-electron chi connectivity index (χ0n) is 11.9. The molecule has 2 unspecified atom stereocenters. The van der Waals surface area contributed by atoms with Crippen LogP contribution >= 0.6 is 0 Å². The van der Waals surface area contributed by atoms with Crippen LogP contribution in [0.2, 0.25) is 0 Å². The predicted octanol–water partition coefficient (Wildman–Crippen LogP) is 2.22. The number of hydrogen-bond donors (Lipinski definition) is 1. The van der Waals surface area contributed by atoms with Gasteiger partial charge in [0.15, 0.2) is 0 Å². The number of aliphatic hydroxyl groups excluding tert-OH is 1. The molecule has 0 bridgehead atoms. The Morgan fingerprint density at radius 1 is 1.37 bits per heavy atom. The lowest BCUT2D eigenvalue weighted by Gasteiger charge is -2.25. The molecule has 106 valence electrons. The lowest BCUT2D eigenvalue weighted by molar-refractivity contribution is 0.107. The SMILES string of the molecule is COc1ccc(OC)c(C(O)CN2CCCC2C)c1. The molecular weight excluding hydrogens is 242 g/mol. The molecule has 1 heterocycles. The maximum Gasteiger partial charge on any atom is 0.124 e. The Kier molecular flexibility index (Phi) is 4.66. The second kappa shape index (κ2) is 6.26. The number of hydrogen-bond acceptors (Lipinski definition) is 4. The van der Waals surface area contributed by atoms with Crippen LogP contribution in [0.15, 0.2) is 18.2 Å². The van der Waals surface area contributed by atoms with Crippen molar-refractivity contribution in [1.82, 2.24) is 4.90 Å². The van der Waals surface area contributed by atoms with Crippen LogP contribution in [0.5, 0.6) is 11.5 Å². The highest BCUT2D eigenvalue weighted by Gasteiger charge is 2.24. The summed E-state index contributed by atoms with van der Waals surface area (Å²) in [7, 11) is 3.25. The highest BCUT2D eigenvalue weighted by Crippen LogP contribution is 2.31. The molecule has 4 heteroatoms. The summed E-state index contributed by atoms with van der Waals surface area (Å²) in [5.41, 5.74) is 0.793. The Labute approximate surface area is 114 Å². The molecule has 1 N–H and O–H groups in total. The maximum absolute atomic E-state index is 10.5. The minimum absolute atomic E-state index is 0.547. The fourth-order valence-electron chi connectivity index (χ4n) is 2.68. The first-order valence-corrected chi connectivity index (χ1v) is 6.79. The minimum Gasteiger partial charge on any atom is -0.497 e. The Morgan fingerprint density at radius 3 is 2.74 bits per heavy atom. The molecule has 1 fully saturated rings. The van der Waals surface area contributed by atoms with Crippen molar-refractivity contribution >= 4 is 0 Å². The van der Waals surface area contributed by atoms with Gasteiger partial charge in [0.05, 0.1) is 20.3 Å². The van der Waals surface area contributed by atoms with E-state index < -0.39 is 6.10 Å². The van der Waals surface area contributed by atoms with E-state index in [1.165, 1.54) is 12.8 Å². The van der Waals surface area contributed by atoms with Crippen molar-refractivity contribution in [3.05, 3.63) is 23.8 Å². The molecule has 1 aromatic carbocycles. The Balaban J connectivity index is 2.14. The number of aliphatic hydroxyl groups is 1. The van der Waals surface area contributed by atoms with Gasteiger partial charge in [0.25, 0.3) is 0 Å². The molecule has 2 atom stereocenters. The van der Waals surface area contributed by atoms with E-state index in [0.29, 0.717) is 18.3 Å². The van der Waals surface area contributed by atoms with Gasteiger partial charge in [-0.2, -0.15) is 0 Å². The summed E-state index contributed by atoms with van der Waals surface area (Å²) in [5.74, 6) is 1.45. The fraction of sp³-hybridized carbons (Fsp3) is 0.600. The quantitative estimate of drug-likeness (QED) is 0.886. The summed E-state index contributed by atoms with van der Waals surface area (Å²) >= 11 is 0. The summed E-state index contributed by atoms with van der Waals surface area (Å²) in [4.78, 5) is 2.32. The topological polar surface area (TPSA) is 41.9 Å². The highest BCUT2D eigenvalue weighted by molar-refractivity contribution is 5.41. The van der Waals surface area contributed by atoms with E-state index in [-0.39, 0.29) is 0 Å². The van der Waals surface area contributed by atoms with Crippen molar-refractivity contribution in [2.24, 2.45) is 0 Å². The number of ether oxygens (including phenoxy) is 2. The third-order valence-electron chi connectivity index (χ3n) is 3.89. The number of likely N-dealkylation sites (tertiary alicyclic amines) is 1. The van der Waals surface area contributed by atoms with E-state index in [0.717, 1.165) is 17.9 Å². The van der Waals surface area contributed by atoms with E-state index in [1.54, 1.807) is 14.2 Å². The predicted molar refractivity (Wildman–Crippen MR) is 74.8 cm³/mol. The zero-order chi connectivity index (χ0) is 13.8. The molecule has 2 rings (SSSR count). The third-order valence-corrected chi connectivity index (χ3v) is 3.89. The van der Waals surface area contributed by atoms with Gasteiger partial charge in [-0.1, -0.05) is 0 Å². The first-order chi connectivity index (χ1) is 9.15. The molecule has 0 saturated carbocycles. The van der Waals surface area contributed by atoms with Crippen LogP contribution in [0, 0.1) is 0 Å². The van der Waals surface area contributed by atoms with E-state index in [2.05, 4.69) is 11.8 Å². The molecular formula is C15H23NO3. The van der Waals surface area contributed by atoms with E-state index in [9.17, 15) is 5.11 Å². The van der Waals surface area contributed by atoms with Gasteiger partial charge in [0, 0.05) is 18.2 Å². The lowest BCUT2D eigenvalue weighted by Crippen LogP contribution is -2.31. The van der Waals surface area contributed by atoms with Crippen LogP contribution in [0.25, 0.3) is 0 Å². The molecule has 1 aliphatic heterocycles. The second-order valence-corrected chi connectivity index (χ2v) is 5.11. The maximum atomic E-state index is 10.5. The molecule has 19 heavy (non-hydrogen) atoms. The second-order valence-electron chi connectivity index (χ2n) is 5.11. The molecule has 0 spiro atoms.